The second kappa shape index (κ2) is 6.77. The maximum absolute atomic E-state index is 6.74. The quantitative estimate of drug-likeness (QED) is 0.610. The van der Waals surface area contributed by atoms with Gasteiger partial charge in [-0.1, -0.05) is 20.3 Å². The molecule has 1 N–H and O–H groups in total. The lowest BCUT2D eigenvalue weighted by Gasteiger charge is -2.12. The molecule has 0 aromatic rings. The van der Waals surface area contributed by atoms with Crippen LogP contribution in [0, 0.1) is 11.3 Å². The maximum Gasteiger partial charge on any atom is 0.0496 e. The Morgan fingerprint density at radius 3 is 2.50 bits per heavy atom. The molecule has 0 fully saturated rings. The highest BCUT2D eigenvalue weighted by molar-refractivity contribution is 5.79. The van der Waals surface area contributed by atoms with Crippen molar-refractivity contribution in [2.24, 2.45) is 10.9 Å². The molecule has 0 radical (unpaired) electrons. The second-order valence-corrected chi connectivity index (χ2v) is 2.98. The fraction of sp³-hybridized carbons (Fsp3) is 0.600. The first-order valence-electron chi connectivity index (χ1n) is 4.41. The summed E-state index contributed by atoms with van der Waals surface area (Å²) in [5.41, 5.74) is 0. The average molecular weight is 166 g/mol. The number of aliphatic imine (C=N–C) groups is 1. The van der Waals surface area contributed by atoms with Gasteiger partial charge in [0.25, 0.3) is 0 Å². The van der Waals surface area contributed by atoms with Gasteiger partial charge in [0.15, 0.2) is 0 Å². The molecule has 0 saturated heterocycles. The van der Waals surface area contributed by atoms with E-state index in [0.717, 1.165) is 6.42 Å². The molecule has 68 valence electrons. The molecule has 12 heavy (non-hydrogen) atoms. The van der Waals surface area contributed by atoms with E-state index in [-0.39, 0.29) is 0 Å². The summed E-state index contributed by atoms with van der Waals surface area (Å²) in [6.45, 7) is 6.48. The summed E-state index contributed by atoms with van der Waals surface area (Å²) in [4.78, 5) is 4.32. The summed E-state index contributed by atoms with van der Waals surface area (Å²) in [5, 5.41) is 6.74. The van der Waals surface area contributed by atoms with Crippen molar-refractivity contribution >= 4 is 12.4 Å². The van der Waals surface area contributed by atoms with Crippen molar-refractivity contribution in [1.29, 1.82) is 5.41 Å². The minimum atomic E-state index is 0.380. The van der Waals surface area contributed by atoms with E-state index in [9.17, 15) is 0 Å². The topological polar surface area (TPSA) is 36.2 Å². The summed E-state index contributed by atoms with van der Waals surface area (Å²) in [6, 6.07) is 0.380. The Kier molecular flexibility index (Phi) is 6.25. The van der Waals surface area contributed by atoms with E-state index in [1.807, 2.05) is 0 Å². The molecule has 2 atom stereocenters. The molecular weight excluding hydrogens is 148 g/mol. The van der Waals surface area contributed by atoms with Crippen LogP contribution in [0.4, 0.5) is 0 Å². The third-order valence-corrected chi connectivity index (χ3v) is 2.08. The minimum absolute atomic E-state index is 0.380. The van der Waals surface area contributed by atoms with Crippen LogP contribution in [0.15, 0.2) is 17.1 Å². The van der Waals surface area contributed by atoms with Crippen molar-refractivity contribution in [1.82, 2.24) is 0 Å². The van der Waals surface area contributed by atoms with Gasteiger partial charge in [0.2, 0.25) is 0 Å². The number of nitrogens with one attached hydrogen (secondary N) is 1. The van der Waals surface area contributed by atoms with E-state index in [4.69, 9.17) is 5.41 Å². The molecule has 2 nitrogen and oxygen atoms in total. The zero-order chi connectivity index (χ0) is 9.40. The first-order chi connectivity index (χ1) is 5.72. The molecular formula is C10H18N2. The molecule has 0 rings (SSSR count). The fourth-order valence-corrected chi connectivity index (χ4v) is 0.779. The van der Waals surface area contributed by atoms with Gasteiger partial charge >= 0.3 is 0 Å². The van der Waals surface area contributed by atoms with E-state index < -0.39 is 0 Å². The van der Waals surface area contributed by atoms with Crippen LogP contribution in [0.3, 0.4) is 0 Å². The second-order valence-electron chi connectivity index (χ2n) is 2.98. The van der Waals surface area contributed by atoms with Crippen molar-refractivity contribution in [2.75, 3.05) is 0 Å². The van der Waals surface area contributed by atoms with Crippen molar-refractivity contribution in [3.05, 3.63) is 12.2 Å². The fourth-order valence-electron chi connectivity index (χ4n) is 0.779. The highest BCUT2D eigenvalue weighted by atomic mass is 14.8. The molecule has 2 heteroatoms. The number of rotatable bonds is 5. The lowest BCUT2D eigenvalue weighted by atomic mass is 10.0. The number of nitrogens with zero attached hydrogens (tertiary/aromatic N) is 1. The Bertz CT molecular complexity index is 171. The zero-order valence-electron chi connectivity index (χ0n) is 8.12. The Morgan fingerprint density at radius 2 is 2.00 bits per heavy atom. The largest absolute Gasteiger partial charge is 0.309 e. The maximum atomic E-state index is 6.74. The molecule has 0 aliphatic carbocycles. The highest BCUT2D eigenvalue weighted by Crippen LogP contribution is 2.09. The highest BCUT2D eigenvalue weighted by Gasteiger charge is 2.05. The SMILES string of the molecule is CCC(C)C(C)/N=C/C=C/C=N. The molecule has 0 aromatic carbocycles. The summed E-state index contributed by atoms with van der Waals surface area (Å²) >= 11 is 0. The smallest absolute Gasteiger partial charge is 0.0496 e. The van der Waals surface area contributed by atoms with Crippen LogP contribution < -0.4 is 0 Å². The van der Waals surface area contributed by atoms with Gasteiger partial charge in [-0.2, -0.15) is 0 Å². The van der Waals surface area contributed by atoms with E-state index in [2.05, 4.69) is 25.8 Å². The molecule has 2 unspecified atom stereocenters. The van der Waals surface area contributed by atoms with Crippen molar-refractivity contribution in [3.8, 4) is 0 Å². The average Bonchev–Trinajstić information content (AvgIpc) is 2.10. The van der Waals surface area contributed by atoms with Crippen LogP contribution in [0.5, 0.6) is 0 Å². The molecule has 0 amide bonds. The molecule has 0 heterocycles. The van der Waals surface area contributed by atoms with Gasteiger partial charge in [-0.15, -0.1) is 0 Å². The van der Waals surface area contributed by atoms with Gasteiger partial charge in [0.1, 0.15) is 0 Å². The third-order valence-electron chi connectivity index (χ3n) is 2.08. The van der Waals surface area contributed by atoms with Gasteiger partial charge < -0.3 is 5.41 Å². The number of hydrogen-bond donors (Lipinski definition) is 1. The summed E-state index contributed by atoms with van der Waals surface area (Å²) in [6.07, 6.45) is 7.62. The molecule has 0 aromatic heterocycles. The van der Waals surface area contributed by atoms with Gasteiger partial charge in [-0.25, -0.2) is 0 Å². The van der Waals surface area contributed by atoms with E-state index in [1.54, 1.807) is 18.4 Å². The van der Waals surface area contributed by atoms with Crippen molar-refractivity contribution in [3.63, 3.8) is 0 Å². The predicted octanol–water partition coefficient (Wildman–Crippen LogP) is 2.70. The van der Waals surface area contributed by atoms with E-state index >= 15 is 0 Å². The monoisotopic (exact) mass is 166 g/mol. The Balaban J connectivity index is 3.81. The molecule has 0 aliphatic rings. The van der Waals surface area contributed by atoms with Crippen molar-refractivity contribution in [2.45, 2.75) is 33.2 Å². The molecule has 0 bridgehead atoms. The standard InChI is InChI=1S/C10H18N2/c1-4-9(2)10(3)12-8-6-5-7-11/h5-11H,4H2,1-3H3/b6-5+,11-7?,12-8+. The first-order valence-corrected chi connectivity index (χ1v) is 4.41. The summed E-state index contributed by atoms with van der Waals surface area (Å²) in [7, 11) is 0. The van der Waals surface area contributed by atoms with Gasteiger partial charge in [0, 0.05) is 18.5 Å². The number of hydrogen-bond acceptors (Lipinski definition) is 2. The predicted molar refractivity (Wildman–Crippen MR) is 55.3 cm³/mol. The lowest BCUT2D eigenvalue weighted by Crippen LogP contribution is -2.09. The van der Waals surface area contributed by atoms with Crippen LogP contribution in [0.25, 0.3) is 0 Å². The van der Waals surface area contributed by atoms with Crippen LogP contribution >= 0.6 is 0 Å². The Hall–Kier alpha value is -0.920. The zero-order valence-corrected chi connectivity index (χ0v) is 8.12. The van der Waals surface area contributed by atoms with Crippen LogP contribution in [0.2, 0.25) is 0 Å². The third kappa shape index (κ3) is 4.83. The molecule has 0 saturated carbocycles. The van der Waals surface area contributed by atoms with Gasteiger partial charge in [-0.05, 0) is 25.0 Å². The van der Waals surface area contributed by atoms with Crippen LogP contribution in [-0.2, 0) is 0 Å². The van der Waals surface area contributed by atoms with E-state index in [1.165, 1.54) is 6.21 Å². The van der Waals surface area contributed by atoms with Crippen LogP contribution in [-0.4, -0.2) is 18.5 Å². The van der Waals surface area contributed by atoms with E-state index in [0.29, 0.717) is 12.0 Å². The first kappa shape index (κ1) is 11.1. The van der Waals surface area contributed by atoms with Gasteiger partial charge in [-0.3, -0.25) is 4.99 Å². The minimum Gasteiger partial charge on any atom is -0.309 e. The number of allylic oxidation sites excluding steroid dienone is 2. The molecule has 0 spiro atoms. The lowest BCUT2D eigenvalue weighted by molar-refractivity contribution is 0.473. The summed E-state index contributed by atoms with van der Waals surface area (Å²) < 4.78 is 0. The van der Waals surface area contributed by atoms with Crippen LogP contribution in [0.1, 0.15) is 27.2 Å². The van der Waals surface area contributed by atoms with Crippen molar-refractivity contribution < 1.29 is 0 Å². The normalized spacial score (nSPS) is 16.9. The Morgan fingerprint density at radius 1 is 1.33 bits per heavy atom. The summed E-state index contributed by atoms with van der Waals surface area (Å²) in [5.74, 6) is 0.634. The molecule has 0 aliphatic heterocycles. The Labute approximate surface area is 74.9 Å². The van der Waals surface area contributed by atoms with Gasteiger partial charge in [0.05, 0.1) is 0 Å².